The second-order valence-corrected chi connectivity index (χ2v) is 9.08. The third-order valence-electron chi connectivity index (χ3n) is 3.75. The van der Waals surface area contributed by atoms with Crippen LogP contribution in [0.15, 0.2) is 63.3 Å². The molecule has 0 amide bonds. The van der Waals surface area contributed by atoms with Crippen LogP contribution in [-0.4, -0.2) is 46.0 Å². The van der Waals surface area contributed by atoms with Crippen molar-refractivity contribution in [1.29, 1.82) is 0 Å². The molecule has 5 nitrogen and oxygen atoms in total. The summed E-state index contributed by atoms with van der Waals surface area (Å²) in [4.78, 5) is 4.75. The number of rotatable bonds is 9. The lowest BCUT2D eigenvalue weighted by Crippen LogP contribution is -2.40. The summed E-state index contributed by atoms with van der Waals surface area (Å²) in [5, 5.41) is 6.02. The summed E-state index contributed by atoms with van der Waals surface area (Å²) in [5.41, 5.74) is 0. The smallest absolute Gasteiger partial charge is 0.191 e. The van der Waals surface area contributed by atoms with Crippen molar-refractivity contribution >= 4 is 27.6 Å². The Morgan fingerprint density at radius 1 is 1.04 bits per heavy atom. The Balaban J connectivity index is 1.68. The first kappa shape index (κ1) is 22.2. The summed E-state index contributed by atoms with van der Waals surface area (Å²) in [7, 11) is -2.12. The van der Waals surface area contributed by atoms with Crippen LogP contribution >= 0.6 is 11.8 Å². The summed E-state index contributed by atoms with van der Waals surface area (Å²) in [6, 6.07) is 11.7. The maximum absolute atomic E-state index is 13.7. The standard InChI is InChI=1S/C19H23F2N3O2S2/c1-22-19(23-11-4-13-27-16-9-7-15(20)8-10-16)24-12-14-28(25,26)18-6-3-2-5-17(18)21/h2-3,5-10H,4,11-14H2,1H3,(H2,22,23,24). The number of nitrogens with one attached hydrogen (secondary N) is 2. The number of nitrogens with zero attached hydrogens (tertiary/aromatic N) is 1. The van der Waals surface area contributed by atoms with E-state index in [1.54, 1.807) is 30.9 Å². The largest absolute Gasteiger partial charge is 0.356 e. The van der Waals surface area contributed by atoms with E-state index in [1.807, 2.05) is 0 Å². The summed E-state index contributed by atoms with van der Waals surface area (Å²) >= 11 is 1.63. The van der Waals surface area contributed by atoms with Gasteiger partial charge in [0, 0.05) is 25.0 Å². The van der Waals surface area contributed by atoms with Gasteiger partial charge in [0.2, 0.25) is 0 Å². The number of benzene rings is 2. The number of halogens is 2. The minimum atomic E-state index is -3.71. The zero-order valence-electron chi connectivity index (χ0n) is 15.5. The van der Waals surface area contributed by atoms with Gasteiger partial charge in [-0.15, -0.1) is 11.8 Å². The van der Waals surface area contributed by atoms with Crippen LogP contribution in [-0.2, 0) is 9.84 Å². The van der Waals surface area contributed by atoms with Gasteiger partial charge >= 0.3 is 0 Å². The van der Waals surface area contributed by atoms with E-state index in [2.05, 4.69) is 15.6 Å². The number of hydrogen-bond donors (Lipinski definition) is 2. The van der Waals surface area contributed by atoms with Crippen molar-refractivity contribution in [3.63, 3.8) is 0 Å². The van der Waals surface area contributed by atoms with E-state index >= 15 is 0 Å². The van der Waals surface area contributed by atoms with Crippen LogP contribution in [0.4, 0.5) is 8.78 Å². The molecule has 0 atom stereocenters. The van der Waals surface area contributed by atoms with Gasteiger partial charge in [-0.1, -0.05) is 12.1 Å². The van der Waals surface area contributed by atoms with Crippen molar-refractivity contribution < 1.29 is 17.2 Å². The van der Waals surface area contributed by atoms with Crippen LogP contribution in [0.3, 0.4) is 0 Å². The molecule has 0 saturated carbocycles. The molecule has 2 N–H and O–H groups in total. The molecule has 0 aliphatic rings. The molecule has 0 saturated heterocycles. The summed E-state index contributed by atoms with van der Waals surface area (Å²) < 4.78 is 50.9. The van der Waals surface area contributed by atoms with E-state index in [0.717, 1.165) is 23.1 Å². The van der Waals surface area contributed by atoms with Gasteiger partial charge in [-0.3, -0.25) is 4.99 Å². The summed E-state index contributed by atoms with van der Waals surface area (Å²) in [6.45, 7) is 0.759. The van der Waals surface area contributed by atoms with Gasteiger partial charge in [0.25, 0.3) is 0 Å². The van der Waals surface area contributed by atoms with Gasteiger partial charge in [-0.25, -0.2) is 17.2 Å². The highest BCUT2D eigenvalue weighted by Crippen LogP contribution is 2.18. The molecule has 152 valence electrons. The van der Waals surface area contributed by atoms with Crippen molar-refractivity contribution in [2.24, 2.45) is 4.99 Å². The topological polar surface area (TPSA) is 70.6 Å². The van der Waals surface area contributed by atoms with E-state index in [1.165, 1.54) is 30.3 Å². The molecule has 2 rings (SSSR count). The second-order valence-electron chi connectivity index (χ2n) is 5.83. The van der Waals surface area contributed by atoms with Crippen LogP contribution in [0, 0.1) is 11.6 Å². The molecule has 0 aliphatic carbocycles. The van der Waals surface area contributed by atoms with E-state index in [9.17, 15) is 17.2 Å². The fourth-order valence-electron chi connectivity index (χ4n) is 2.33. The maximum Gasteiger partial charge on any atom is 0.191 e. The Hall–Kier alpha value is -2.13. The van der Waals surface area contributed by atoms with E-state index in [4.69, 9.17) is 0 Å². The third-order valence-corrected chi connectivity index (χ3v) is 6.60. The van der Waals surface area contributed by atoms with Gasteiger partial charge < -0.3 is 10.6 Å². The zero-order chi connectivity index (χ0) is 20.4. The Labute approximate surface area is 168 Å². The summed E-state index contributed by atoms with van der Waals surface area (Å²) in [5.74, 6) is 0.0869. The van der Waals surface area contributed by atoms with Gasteiger partial charge in [0.15, 0.2) is 15.8 Å². The molecular formula is C19H23F2N3O2S2. The van der Waals surface area contributed by atoms with E-state index in [-0.39, 0.29) is 23.0 Å². The number of thioether (sulfide) groups is 1. The molecule has 2 aromatic rings. The molecule has 0 aromatic heterocycles. The van der Waals surface area contributed by atoms with E-state index in [0.29, 0.717) is 12.5 Å². The highest BCUT2D eigenvalue weighted by molar-refractivity contribution is 7.99. The SMILES string of the molecule is CN=C(NCCCSc1ccc(F)cc1)NCCS(=O)(=O)c1ccccc1F. The molecule has 0 aliphatic heterocycles. The van der Waals surface area contributed by atoms with Crippen LogP contribution in [0.25, 0.3) is 0 Å². The molecule has 0 spiro atoms. The van der Waals surface area contributed by atoms with Crippen molar-refractivity contribution in [3.05, 3.63) is 60.2 Å². The Morgan fingerprint density at radius 3 is 2.39 bits per heavy atom. The minimum Gasteiger partial charge on any atom is -0.356 e. The summed E-state index contributed by atoms with van der Waals surface area (Å²) in [6.07, 6.45) is 0.844. The average Bonchev–Trinajstić information content (AvgIpc) is 2.68. The van der Waals surface area contributed by atoms with Crippen LogP contribution in [0.5, 0.6) is 0 Å². The molecule has 2 aromatic carbocycles. The highest BCUT2D eigenvalue weighted by atomic mass is 32.2. The van der Waals surface area contributed by atoms with Crippen molar-refractivity contribution in [1.82, 2.24) is 10.6 Å². The first-order chi connectivity index (χ1) is 13.4. The monoisotopic (exact) mass is 427 g/mol. The molecule has 0 unspecified atom stereocenters. The molecule has 28 heavy (non-hydrogen) atoms. The predicted octanol–water partition coefficient (Wildman–Crippen LogP) is 3.09. The van der Waals surface area contributed by atoms with Crippen molar-refractivity contribution in [3.8, 4) is 0 Å². The maximum atomic E-state index is 13.7. The quantitative estimate of drug-likeness (QED) is 0.279. The van der Waals surface area contributed by atoms with Gasteiger partial charge in [0.05, 0.1) is 5.75 Å². The van der Waals surface area contributed by atoms with Crippen LogP contribution in [0.1, 0.15) is 6.42 Å². The predicted molar refractivity (Wildman–Crippen MR) is 110 cm³/mol. The van der Waals surface area contributed by atoms with Crippen molar-refractivity contribution in [2.45, 2.75) is 16.2 Å². The third kappa shape index (κ3) is 7.12. The first-order valence-corrected chi connectivity index (χ1v) is 11.4. The first-order valence-electron chi connectivity index (χ1n) is 8.72. The van der Waals surface area contributed by atoms with Gasteiger partial charge in [-0.2, -0.15) is 0 Å². The number of sulfone groups is 1. The molecule has 0 fully saturated rings. The molecule has 0 bridgehead atoms. The van der Waals surface area contributed by atoms with E-state index < -0.39 is 15.7 Å². The molecule has 9 heteroatoms. The number of aliphatic imine (C=N–C) groups is 1. The lowest BCUT2D eigenvalue weighted by molar-refractivity contribution is 0.566. The van der Waals surface area contributed by atoms with Gasteiger partial charge in [-0.05, 0) is 48.6 Å². The van der Waals surface area contributed by atoms with Crippen LogP contribution < -0.4 is 10.6 Å². The number of guanidine groups is 1. The molecule has 0 radical (unpaired) electrons. The van der Waals surface area contributed by atoms with Crippen molar-refractivity contribution in [2.75, 3.05) is 31.6 Å². The minimum absolute atomic E-state index is 0.112. The van der Waals surface area contributed by atoms with Gasteiger partial charge in [0.1, 0.15) is 16.5 Å². The molecular weight excluding hydrogens is 404 g/mol. The fourth-order valence-corrected chi connectivity index (χ4v) is 4.43. The number of hydrogen-bond acceptors (Lipinski definition) is 4. The normalized spacial score (nSPS) is 12.0. The Bertz CT molecular complexity index is 888. The zero-order valence-corrected chi connectivity index (χ0v) is 17.1. The lowest BCUT2D eigenvalue weighted by Gasteiger charge is -2.12. The lowest BCUT2D eigenvalue weighted by atomic mass is 10.3. The Morgan fingerprint density at radius 2 is 1.71 bits per heavy atom. The van der Waals surface area contributed by atoms with Crippen LogP contribution in [0.2, 0.25) is 0 Å². The average molecular weight is 428 g/mol. The second kappa shape index (κ2) is 11.0. The highest BCUT2D eigenvalue weighted by Gasteiger charge is 2.18. The Kier molecular flexibility index (Phi) is 8.72. The fraction of sp³-hybridized carbons (Fsp3) is 0.316. The molecule has 0 heterocycles.